The third-order valence-electron chi connectivity index (χ3n) is 3.42. The van der Waals surface area contributed by atoms with Gasteiger partial charge in [-0.1, -0.05) is 17.7 Å². The lowest BCUT2D eigenvalue weighted by Gasteiger charge is -2.35. The fraction of sp³-hybridized carbons (Fsp3) is 0.533. The first kappa shape index (κ1) is 19.0. The molecule has 1 heterocycles. The fourth-order valence-electron chi connectivity index (χ4n) is 2.26. The molecule has 1 aliphatic rings. The molecule has 1 aromatic rings. The summed E-state index contributed by atoms with van der Waals surface area (Å²) < 4.78 is 45.5. The number of amides is 1. The summed E-state index contributed by atoms with van der Waals surface area (Å²) in [5.74, 6) is -0.964. The molecular weight excluding hydrogens is 359 g/mol. The SMILES string of the molecule is CC(C)(C)OC(=O)N1CCN(S(=O)(=O)c2cccc(Cl)c2F)CC1. The van der Waals surface area contributed by atoms with Crippen LogP contribution in [0.4, 0.5) is 9.18 Å². The van der Waals surface area contributed by atoms with Crippen LogP contribution >= 0.6 is 11.6 Å². The first-order chi connectivity index (χ1) is 11.0. The van der Waals surface area contributed by atoms with Gasteiger partial charge in [0.1, 0.15) is 10.5 Å². The maximum atomic E-state index is 14.0. The van der Waals surface area contributed by atoms with Crippen LogP contribution in [-0.2, 0) is 14.8 Å². The first-order valence-corrected chi connectivity index (χ1v) is 9.26. The second-order valence-electron chi connectivity index (χ2n) is 6.42. The number of hydrogen-bond donors (Lipinski definition) is 0. The maximum Gasteiger partial charge on any atom is 0.410 e. The highest BCUT2D eigenvalue weighted by molar-refractivity contribution is 7.89. The van der Waals surface area contributed by atoms with Crippen LogP contribution in [0.5, 0.6) is 0 Å². The Morgan fingerprint density at radius 2 is 1.79 bits per heavy atom. The highest BCUT2D eigenvalue weighted by Gasteiger charge is 2.33. The van der Waals surface area contributed by atoms with Crippen LogP contribution in [0.3, 0.4) is 0 Å². The minimum atomic E-state index is -4.00. The zero-order valence-electron chi connectivity index (χ0n) is 13.8. The molecule has 0 bridgehead atoms. The summed E-state index contributed by atoms with van der Waals surface area (Å²) in [6, 6.07) is 3.85. The highest BCUT2D eigenvalue weighted by atomic mass is 35.5. The van der Waals surface area contributed by atoms with Crippen LogP contribution in [0.15, 0.2) is 23.1 Å². The molecule has 1 aromatic carbocycles. The normalized spacial score (nSPS) is 17.0. The van der Waals surface area contributed by atoms with Gasteiger partial charge in [0.25, 0.3) is 0 Å². The molecule has 2 rings (SSSR count). The Morgan fingerprint density at radius 1 is 1.21 bits per heavy atom. The standard InChI is InChI=1S/C15H20ClFN2O4S/c1-15(2,3)23-14(20)18-7-9-19(10-8-18)24(21,22)12-6-4-5-11(16)13(12)17/h4-6H,7-10H2,1-3H3. The van der Waals surface area contributed by atoms with Gasteiger partial charge in [-0.05, 0) is 32.9 Å². The first-order valence-electron chi connectivity index (χ1n) is 7.44. The number of sulfonamides is 1. The van der Waals surface area contributed by atoms with E-state index in [4.69, 9.17) is 16.3 Å². The number of benzene rings is 1. The second kappa shape index (κ2) is 6.85. The second-order valence-corrected chi connectivity index (χ2v) is 8.74. The molecule has 0 radical (unpaired) electrons. The number of carbonyl (C=O) groups is 1. The Hall–Kier alpha value is -1.38. The summed E-state index contributed by atoms with van der Waals surface area (Å²) in [5.41, 5.74) is -0.621. The van der Waals surface area contributed by atoms with E-state index in [1.807, 2.05) is 0 Å². The van der Waals surface area contributed by atoms with Crippen molar-refractivity contribution in [3.63, 3.8) is 0 Å². The van der Waals surface area contributed by atoms with Gasteiger partial charge >= 0.3 is 6.09 Å². The number of rotatable bonds is 2. The number of halogens is 2. The number of ether oxygens (including phenoxy) is 1. The van der Waals surface area contributed by atoms with Crippen molar-refractivity contribution >= 4 is 27.7 Å². The van der Waals surface area contributed by atoms with Gasteiger partial charge in [-0.2, -0.15) is 4.31 Å². The number of hydrogen-bond acceptors (Lipinski definition) is 4. The summed E-state index contributed by atoms with van der Waals surface area (Å²) in [6.45, 7) is 5.75. The molecule has 0 spiro atoms. The van der Waals surface area contributed by atoms with Crippen molar-refractivity contribution in [1.29, 1.82) is 0 Å². The van der Waals surface area contributed by atoms with Crippen LogP contribution in [-0.4, -0.2) is 55.5 Å². The highest BCUT2D eigenvalue weighted by Crippen LogP contribution is 2.25. The van der Waals surface area contributed by atoms with E-state index in [-0.39, 0.29) is 31.2 Å². The Morgan fingerprint density at radius 3 is 2.33 bits per heavy atom. The van der Waals surface area contributed by atoms with E-state index in [9.17, 15) is 17.6 Å². The van der Waals surface area contributed by atoms with E-state index in [0.29, 0.717) is 0 Å². The molecule has 0 atom stereocenters. The molecule has 1 fully saturated rings. The van der Waals surface area contributed by atoms with Crippen molar-refractivity contribution < 1.29 is 22.3 Å². The molecular formula is C15H20ClFN2O4S. The van der Waals surface area contributed by atoms with E-state index in [0.717, 1.165) is 4.31 Å². The summed E-state index contributed by atoms with van der Waals surface area (Å²) in [4.78, 5) is 13.0. The minimum Gasteiger partial charge on any atom is -0.444 e. The van der Waals surface area contributed by atoms with Crippen molar-refractivity contribution in [3.05, 3.63) is 29.0 Å². The van der Waals surface area contributed by atoms with E-state index in [1.54, 1.807) is 20.8 Å². The van der Waals surface area contributed by atoms with Crippen LogP contribution in [0, 0.1) is 5.82 Å². The molecule has 1 amide bonds. The van der Waals surface area contributed by atoms with E-state index < -0.39 is 32.4 Å². The predicted octanol–water partition coefficient (Wildman–Crippen LogP) is 2.72. The molecule has 6 nitrogen and oxygen atoms in total. The predicted molar refractivity (Wildman–Crippen MR) is 88.0 cm³/mol. The molecule has 0 unspecified atom stereocenters. The average molecular weight is 379 g/mol. The van der Waals surface area contributed by atoms with Gasteiger partial charge in [-0.15, -0.1) is 0 Å². The monoisotopic (exact) mass is 378 g/mol. The quantitative estimate of drug-likeness (QED) is 0.793. The molecule has 1 aliphatic heterocycles. The molecule has 24 heavy (non-hydrogen) atoms. The van der Waals surface area contributed by atoms with Crippen LogP contribution < -0.4 is 0 Å². The molecule has 0 aliphatic carbocycles. The van der Waals surface area contributed by atoms with Crippen molar-refractivity contribution in [2.75, 3.05) is 26.2 Å². The third-order valence-corrected chi connectivity index (χ3v) is 5.63. The summed E-state index contributed by atoms with van der Waals surface area (Å²) in [7, 11) is -4.00. The van der Waals surface area contributed by atoms with Crippen molar-refractivity contribution in [3.8, 4) is 0 Å². The van der Waals surface area contributed by atoms with Crippen LogP contribution in [0.2, 0.25) is 5.02 Å². The van der Waals surface area contributed by atoms with Crippen molar-refractivity contribution in [1.82, 2.24) is 9.21 Å². The van der Waals surface area contributed by atoms with E-state index >= 15 is 0 Å². The molecule has 0 saturated carbocycles. The van der Waals surface area contributed by atoms with E-state index in [1.165, 1.54) is 23.1 Å². The lowest BCUT2D eigenvalue weighted by atomic mass is 10.2. The lowest BCUT2D eigenvalue weighted by Crippen LogP contribution is -2.51. The average Bonchev–Trinajstić information content (AvgIpc) is 2.48. The van der Waals surface area contributed by atoms with Crippen molar-refractivity contribution in [2.24, 2.45) is 0 Å². The van der Waals surface area contributed by atoms with Crippen molar-refractivity contribution in [2.45, 2.75) is 31.3 Å². The minimum absolute atomic E-state index is 0.0630. The number of piperazine rings is 1. The van der Waals surface area contributed by atoms with Gasteiger partial charge in [0.2, 0.25) is 10.0 Å². The van der Waals surface area contributed by atoms with Crippen LogP contribution in [0.1, 0.15) is 20.8 Å². The summed E-state index contributed by atoms with van der Waals surface area (Å²) in [5, 5.41) is -0.247. The topological polar surface area (TPSA) is 66.9 Å². The zero-order chi connectivity index (χ0) is 18.1. The third kappa shape index (κ3) is 4.17. The molecule has 0 N–H and O–H groups in total. The van der Waals surface area contributed by atoms with Gasteiger partial charge in [-0.25, -0.2) is 17.6 Å². The summed E-state index contributed by atoms with van der Waals surface area (Å²) in [6.07, 6.45) is -0.492. The Kier molecular flexibility index (Phi) is 5.41. The Labute approximate surface area is 146 Å². The molecule has 0 aromatic heterocycles. The number of carbonyl (C=O) groups excluding carboxylic acids is 1. The smallest absolute Gasteiger partial charge is 0.410 e. The maximum absolute atomic E-state index is 14.0. The number of nitrogens with zero attached hydrogens (tertiary/aromatic N) is 2. The zero-order valence-corrected chi connectivity index (χ0v) is 15.3. The largest absolute Gasteiger partial charge is 0.444 e. The molecule has 134 valence electrons. The van der Waals surface area contributed by atoms with Gasteiger partial charge in [-0.3, -0.25) is 0 Å². The summed E-state index contributed by atoms with van der Waals surface area (Å²) >= 11 is 5.66. The van der Waals surface area contributed by atoms with Gasteiger partial charge in [0, 0.05) is 26.2 Å². The van der Waals surface area contributed by atoms with E-state index in [2.05, 4.69) is 0 Å². The Bertz CT molecular complexity index is 725. The van der Waals surface area contributed by atoms with Crippen LogP contribution in [0.25, 0.3) is 0 Å². The molecule has 9 heteroatoms. The fourth-order valence-corrected chi connectivity index (χ4v) is 4.00. The van der Waals surface area contributed by atoms with Gasteiger partial charge < -0.3 is 9.64 Å². The van der Waals surface area contributed by atoms with Gasteiger partial charge in [0.15, 0.2) is 5.82 Å². The van der Waals surface area contributed by atoms with Gasteiger partial charge in [0.05, 0.1) is 5.02 Å². The molecule has 1 saturated heterocycles. The lowest BCUT2D eigenvalue weighted by molar-refractivity contribution is 0.0192. The Balaban J connectivity index is 2.09.